The van der Waals surface area contributed by atoms with Crippen molar-refractivity contribution in [2.45, 2.75) is 40.2 Å². The highest BCUT2D eigenvalue weighted by Crippen LogP contribution is 2.36. The van der Waals surface area contributed by atoms with E-state index in [9.17, 15) is 0 Å². The predicted octanol–water partition coefficient (Wildman–Crippen LogP) is 4.32. The lowest BCUT2D eigenvalue weighted by molar-refractivity contribution is 0.275. The average Bonchev–Trinajstić information content (AvgIpc) is 2.38. The zero-order valence-corrected chi connectivity index (χ0v) is 12.4. The minimum Gasteiger partial charge on any atom is -0.309 e. The molecule has 0 spiro atoms. The number of pyridine rings is 1. The molecule has 0 saturated carbocycles. The van der Waals surface area contributed by atoms with Crippen molar-refractivity contribution >= 4 is 10.8 Å². The summed E-state index contributed by atoms with van der Waals surface area (Å²) in [6.07, 6.45) is 4.99. The number of nitrogens with one attached hydrogen (secondary N) is 1. The molecule has 0 amide bonds. The first kappa shape index (κ1) is 14.0. The minimum atomic E-state index is 0.180. The molecule has 0 fully saturated rings. The van der Waals surface area contributed by atoms with Crippen LogP contribution in [0.2, 0.25) is 0 Å². The second-order valence-corrected chi connectivity index (χ2v) is 6.20. The third-order valence-electron chi connectivity index (χ3n) is 3.49. The highest BCUT2D eigenvalue weighted by atomic mass is 14.9. The molecular weight excluding hydrogens is 232 g/mol. The van der Waals surface area contributed by atoms with Crippen molar-refractivity contribution in [3.8, 4) is 0 Å². The van der Waals surface area contributed by atoms with E-state index < -0.39 is 0 Å². The van der Waals surface area contributed by atoms with Crippen LogP contribution in [0.1, 0.15) is 45.7 Å². The van der Waals surface area contributed by atoms with E-state index in [-0.39, 0.29) is 5.41 Å². The summed E-state index contributed by atoms with van der Waals surface area (Å²) in [6.45, 7) is 10.1. The van der Waals surface area contributed by atoms with Crippen LogP contribution in [0.15, 0.2) is 36.7 Å². The second-order valence-electron chi connectivity index (χ2n) is 6.20. The number of aromatic nitrogens is 1. The quantitative estimate of drug-likeness (QED) is 0.881. The van der Waals surface area contributed by atoms with Gasteiger partial charge in [0, 0.05) is 23.8 Å². The lowest BCUT2D eigenvalue weighted by atomic mass is 9.81. The number of nitrogens with zero attached hydrogens (tertiary/aromatic N) is 1. The minimum absolute atomic E-state index is 0.180. The average molecular weight is 256 g/mol. The van der Waals surface area contributed by atoms with Crippen molar-refractivity contribution in [3.63, 3.8) is 0 Å². The maximum atomic E-state index is 4.29. The SMILES string of the molecule is CCCNC(c1cccc2ccncc12)C(C)(C)C. The van der Waals surface area contributed by atoms with Gasteiger partial charge in [0.1, 0.15) is 0 Å². The molecule has 2 heteroatoms. The normalized spacial score (nSPS) is 13.7. The number of rotatable bonds is 4. The van der Waals surface area contributed by atoms with Crippen molar-refractivity contribution in [2.75, 3.05) is 6.54 Å². The van der Waals surface area contributed by atoms with E-state index in [1.807, 2.05) is 12.4 Å². The molecule has 2 nitrogen and oxygen atoms in total. The van der Waals surface area contributed by atoms with E-state index in [2.05, 4.69) is 62.3 Å². The molecule has 0 aliphatic heterocycles. The van der Waals surface area contributed by atoms with Gasteiger partial charge in [-0.1, -0.05) is 45.9 Å². The van der Waals surface area contributed by atoms with Gasteiger partial charge in [0.2, 0.25) is 0 Å². The van der Waals surface area contributed by atoms with Crippen LogP contribution >= 0.6 is 0 Å². The second kappa shape index (κ2) is 5.70. The lowest BCUT2D eigenvalue weighted by Crippen LogP contribution is -2.33. The summed E-state index contributed by atoms with van der Waals surface area (Å²) in [5.41, 5.74) is 1.53. The molecule has 0 aliphatic carbocycles. The molecule has 2 rings (SSSR count). The molecule has 102 valence electrons. The summed E-state index contributed by atoms with van der Waals surface area (Å²) in [7, 11) is 0. The van der Waals surface area contributed by atoms with Crippen LogP contribution in [0, 0.1) is 5.41 Å². The van der Waals surface area contributed by atoms with Gasteiger partial charge in [-0.05, 0) is 35.4 Å². The molecule has 1 unspecified atom stereocenters. The standard InChI is InChI=1S/C17H24N2/c1-5-10-19-16(17(2,3)4)14-8-6-7-13-9-11-18-12-15(13)14/h6-9,11-12,16,19H,5,10H2,1-4H3. The van der Waals surface area contributed by atoms with Gasteiger partial charge in [-0.15, -0.1) is 0 Å². The first-order valence-corrected chi connectivity index (χ1v) is 7.10. The molecule has 1 aromatic heterocycles. The summed E-state index contributed by atoms with van der Waals surface area (Å²) in [5, 5.41) is 6.21. The third kappa shape index (κ3) is 3.13. The monoisotopic (exact) mass is 256 g/mol. The van der Waals surface area contributed by atoms with Crippen LogP contribution in [0.3, 0.4) is 0 Å². The Kier molecular flexibility index (Phi) is 4.20. The lowest BCUT2D eigenvalue weighted by Gasteiger charge is -2.33. The molecule has 0 bridgehead atoms. The topological polar surface area (TPSA) is 24.9 Å². The van der Waals surface area contributed by atoms with E-state index >= 15 is 0 Å². The van der Waals surface area contributed by atoms with Gasteiger partial charge in [-0.25, -0.2) is 0 Å². The molecule has 0 radical (unpaired) electrons. The Morgan fingerprint density at radius 1 is 1.21 bits per heavy atom. The van der Waals surface area contributed by atoms with Crippen LogP contribution in [0.4, 0.5) is 0 Å². The van der Waals surface area contributed by atoms with Gasteiger partial charge in [0.15, 0.2) is 0 Å². The number of fused-ring (bicyclic) bond motifs is 1. The highest BCUT2D eigenvalue weighted by molar-refractivity contribution is 5.85. The van der Waals surface area contributed by atoms with E-state index in [0.29, 0.717) is 6.04 Å². The summed E-state index contributed by atoms with van der Waals surface area (Å²) in [5.74, 6) is 0. The smallest absolute Gasteiger partial charge is 0.0375 e. The van der Waals surface area contributed by atoms with Crippen LogP contribution in [0.5, 0.6) is 0 Å². The van der Waals surface area contributed by atoms with Crippen molar-refractivity contribution in [1.82, 2.24) is 10.3 Å². The number of benzene rings is 1. The van der Waals surface area contributed by atoms with Crippen molar-refractivity contribution in [1.29, 1.82) is 0 Å². The Bertz CT molecular complexity index is 535. The van der Waals surface area contributed by atoms with Gasteiger partial charge in [-0.2, -0.15) is 0 Å². The van der Waals surface area contributed by atoms with E-state index in [0.717, 1.165) is 13.0 Å². The highest BCUT2D eigenvalue weighted by Gasteiger charge is 2.26. The van der Waals surface area contributed by atoms with E-state index in [1.54, 1.807) is 0 Å². The molecule has 19 heavy (non-hydrogen) atoms. The maximum absolute atomic E-state index is 4.29. The largest absolute Gasteiger partial charge is 0.309 e. The first-order chi connectivity index (χ1) is 9.04. The van der Waals surface area contributed by atoms with Gasteiger partial charge in [-0.3, -0.25) is 4.98 Å². The zero-order valence-electron chi connectivity index (χ0n) is 12.4. The maximum Gasteiger partial charge on any atom is 0.0375 e. The summed E-state index contributed by atoms with van der Waals surface area (Å²) in [4.78, 5) is 4.29. The van der Waals surface area contributed by atoms with Crippen LogP contribution in [-0.4, -0.2) is 11.5 Å². The van der Waals surface area contributed by atoms with Gasteiger partial charge >= 0.3 is 0 Å². The van der Waals surface area contributed by atoms with Crippen LogP contribution < -0.4 is 5.32 Å². The Hall–Kier alpha value is -1.41. The van der Waals surface area contributed by atoms with Gasteiger partial charge < -0.3 is 5.32 Å². The fraction of sp³-hybridized carbons (Fsp3) is 0.471. The summed E-state index contributed by atoms with van der Waals surface area (Å²) in [6, 6.07) is 8.95. The fourth-order valence-corrected chi connectivity index (χ4v) is 2.56. The Morgan fingerprint density at radius 2 is 2.00 bits per heavy atom. The number of hydrogen-bond donors (Lipinski definition) is 1. The zero-order chi connectivity index (χ0) is 13.9. The fourth-order valence-electron chi connectivity index (χ4n) is 2.56. The Labute approximate surface area is 116 Å². The molecule has 1 aromatic carbocycles. The van der Waals surface area contributed by atoms with Crippen LogP contribution in [-0.2, 0) is 0 Å². The molecule has 0 aliphatic rings. The summed E-state index contributed by atoms with van der Waals surface area (Å²) >= 11 is 0. The molecule has 2 aromatic rings. The van der Waals surface area contributed by atoms with Crippen LogP contribution in [0.25, 0.3) is 10.8 Å². The van der Waals surface area contributed by atoms with Crippen molar-refractivity contribution in [3.05, 3.63) is 42.2 Å². The number of hydrogen-bond acceptors (Lipinski definition) is 2. The Balaban J connectivity index is 2.49. The summed E-state index contributed by atoms with van der Waals surface area (Å²) < 4.78 is 0. The molecule has 1 N–H and O–H groups in total. The first-order valence-electron chi connectivity index (χ1n) is 7.10. The van der Waals surface area contributed by atoms with Gasteiger partial charge in [0.05, 0.1) is 0 Å². The third-order valence-corrected chi connectivity index (χ3v) is 3.49. The predicted molar refractivity (Wildman–Crippen MR) is 82.2 cm³/mol. The van der Waals surface area contributed by atoms with Crippen molar-refractivity contribution in [2.24, 2.45) is 5.41 Å². The Morgan fingerprint density at radius 3 is 2.68 bits per heavy atom. The van der Waals surface area contributed by atoms with E-state index in [1.165, 1.54) is 16.3 Å². The molecule has 1 atom stereocenters. The molecule has 0 saturated heterocycles. The molecular formula is C17H24N2. The van der Waals surface area contributed by atoms with E-state index in [4.69, 9.17) is 0 Å². The van der Waals surface area contributed by atoms with Gasteiger partial charge in [0.25, 0.3) is 0 Å². The molecule has 1 heterocycles. The van der Waals surface area contributed by atoms with Crippen molar-refractivity contribution < 1.29 is 0 Å².